The van der Waals surface area contributed by atoms with E-state index in [9.17, 15) is 14.4 Å². The first-order chi connectivity index (χ1) is 14.4. The summed E-state index contributed by atoms with van der Waals surface area (Å²) < 4.78 is 6.84. The van der Waals surface area contributed by atoms with Crippen LogP contribution >= 0.6 is 0 Å². The van der Waals surface area contributed by atoms with E-state index in [1.54, 1.807) is 44.4 Å². The van der Waals surface area contributed by atoms with E-state index in [-0.39, 0.29) is 30.5 Å². The molecule has 0 radical (unpaired) electrons. The molecule has 0 spiro atoms. The normalized spacial score (nSPS) is 11.0. The molecule has 0 aliphatic carbocycles. The Kier molecular flexibility index (Phi) is 5.05. The number of aromatic nitrogens is 2. The van der Waals surface area contributed by atoms with Gasteiger partial charge in [0.1, 0.15) is 17.6 Å². The van der Waals surface area contributed by atoms with Gasteiger partial charge in [-0.3, -0.25) is 19.0 Å². The van der Waals surface area contributed by atoms with E-state index < -0.39 is 5.56 Å². The number of carbonyl (C=O) groups is 2. The molecular formula is C22H20N4O4. The molecule has 2 heterocycles. The number of furan rings is 1. The van der Waals surface area contributed by atoms with E-state index in [4.69, 9.17) is 4.42 Å². The zero-order valence-electron chi connectivity index (χ0n) is 16.6. The van der Waals surface area contributed by atoms with Crippen LogP contribution in [0.2, 0.25) is 0 Å². The number of para-hydroxylation sites is 1. The van der Waals surface area contributed by atoms with Gasteiger partial charge < -0.3 is 14.6 Å². The van der Waals surface area contributed by atoms with Crippen LogP contribution in [0.3, 0.4) is 0 Å². The molecule has 0 saturated heterocycles. The van der Waals surface area contributed by atoms with Crippen molar-refractivity contribution in [1.82, 2.24) is 19.8 Å². The maximum absolute atomic E-state index is 12.7. The lowest BCUT2D eigenvalue weighted by Crippen LogP contribution is -2.32. The summed E-state index contributed by atoms with van der Waals surface area (Å²) in [6, 6.07) is 14.3. The van der Waals surface area contributed by atoms with E-state index in [1.165, 1.54) is 15.8 Å². The molecule has 8 heteroatoms. The Bertz CT molecular complexity index is 1300. The Morgan fingerprint density at radius 1 is 1.10 bits per heavy atom. The molecule has 2 aromatic carbocycles. The first kappa shape index (κ1) is 19.4. The molecule has 152 valence electrons. The lowest BCUT2D eigenvalue weighted by Gasteiger charge is -2.11. The summed E-state index contributed by atoms with van der Waals surface area (Å²) in [6.07, 6.45) is 1.36. The van der Waals surface area contributed by atoms with Gasteiger partial charge in [0.15, 0.2) is 0 Å². The average molecular weight is 404 g/mol. The number of nitrogens with zero attached hydrogens (tertiary/aromatic N) is 3. The molecule has 0 fully saturated rings. The number of hydrogen-bond acceptors (Lipinski definition) is 5. The maximum atomic E-state index is 12.7. The molecule has 1 N–H and O–H groups in total. The predicted molar refractivity (Wildman–Crippen MR) is 112 cm³/mol. The lowest BCUT2D eigenvalue weighted by atomic mass is 10.1. The highest BCUT2D eigenvalue weighted by Gasteiger charge is 2.14. The van der Waals surface area contributed by atoms with Crippen molar-refractivity contribution in [2.75, 3.05) is 14.1 Å². The van der Waals surface area contributed by atoms with Crippen LogP contribution in [-0.2, 0) is 17.9 Å². The smallest absolute Gasteiger partial charge is 0.297 e. The molecule has 0 aliphatic heterocycles. The molecule has 0 saturated carbocycles. The van der Waals surface area contributed by atoms with Crippen LogP contribution in [0.15, 0.2) is 64.1 Å². The van der Waals surface area contributed by atoms with Crippen molar-refractivity contribution in [3.63, 3.8) is 0 Å². The standard InChI is InChI=1S/C22H20N4O4/c1-25(2)21(28)15-9-7-14(8-10-15)11-23-18(27)12-26-13-24-19-16-5-3-4-6-17(16)30-20(19)22(26)29/h3-10,13H,11-12H2,1-2H3,(H,23,27). The third-order valence-electron chi connectivity index (χ3n) is 4.76. The Morgan fingerprint density at radius 3 is 2.57 bits per heavy atom. The molecule has 4 aromatic rings. The van der Waals surface area contributed by atoms with Gasteiger partial charge in [-0.25, -0.2) is 4.98 Å². The zero-order chi connectivity index (χ0) is 21.3. The molecule has 8 nitrogen and oxygen atoms in total. The maximum Gasteiger partial charge on any atom is 0.297 e. The number of carbonyl (C=O) groups excluding carboxylic acids is 2. The second kappa shape index (κ2) is 7.82. The summed E-state index contributed by atoms with van der Waals surface area (Å²) in [6.45, 7) is 0.111. The fraction of sp³-hybridized carbons (Fsp3) is 0.182. The average Bonchev–Trinajstić information content (AvgIpc) is 3.13. The van der Waals surface area contributed by atoms with E-state index >= 15 is 0 Å². The number of amides is 2. The fourth-order valence-electron chi connectivity index (χ4n) is 3.16. The van der Waals surface area contributed by atoms with Gasteiger partial charge in [-0.1, -0.05) is 24.3 Å². The van der Waals surface area contributed by atoms with Crippen molar-refractivity contribution in [1.29, 1.82) is 0 Å². The van der Waals surface area contributed by atoms with Crippen molar-refractivity contribution in [2.45, 2.75) is 13.1 Å². The third kappa shape index (κ3) is 3.67. The van der Waals surface area contributed by atoms with Crippen LogP contribution in [-0.4, -0.2) is 40.4 Å². The van der Waals surface area contributed by atoms with Gasteiger partial charge in [0.2, 0.25) is 11.5 Å². The predicted octanol–water partition coefficient (Wildman–Crippen LogP) is 2.16. The quantitative estimate of drug-likeness (QED) is 0.550. The highest BCUT2D eigenvalue weighted by atomic mass is 16.3. The highest BCUT2D eigenvalue weighted by Crippen LogP contribution is 2.23. The van der Waals surface area contributed by atoms with Crippen molar-refractivity contribution in [3.05, 3.63) is 76.3 Å². The van der Waals surface area contributed by atoms with E-state index in [0.717, 1.165) is 10.9 Å². The monoisotopic (exact) mass is 404 g/mol. The Balaban J connectivity index is 1.44. The van der Waals surface area contributed by atoms with Crippen LogP contribution in [0, 0.1) is 0 Å². The van der Waals surface area contributed by atoms with Gasteiger partial charge in [-0.15, -0.1) is 0 Å². The van der Waals surface area contributed by atoms with Crippen molar-refractivity contribution >= 4 is 33.9 Å². The summed E-state index contributed by atoms with van der Waals surface area (Å²) >= 11 is 0. The van der Waals surface area contributed by atoms with E-state index in [1.807, 2.05) is 18.2 Å². The molecule has 0 atom stereocenters. The summed E-state index contributed by atoms with van der Waals surface area (Å²) in [7, 11) is 3.38. The summed E-state index contributed by atoms with van der Waals surface area (Å²) in [4.78, 5) is 42.7. The van der Waals surface area contributed by atoms with Gasteiger partial charge in [0.25, 0.3) is 11.5 Å². The molecule has 2 amide bonds. The van der Waals surface area contributed by atoms with Gasteiger partial charge in [-0.05, 0) is 29.8 Å². The third-order valence-corrected chi connectivity index (χ3v) is 4.76. The number of fused-ring (bicyclic) bond motifs is 3. The topological polar surface area (TPSA) is 97.4 Å². The van der Waals surface area contributed by atoms with Crippen LogP contribution in [0.1, 0.15) is 15.9 Å². The van der Waals surface area contributed by atoms with Crippen LogP contribution in [0.25, 0.3) is 22.1 Å². The Hall–Kier alpha value is -3.94. The molecule has 2 aromatic heterocycles. The lowest BCUT2D eigenvalue weighted by molar-refractivity contribution is -0.121. The minimum Gasteiger partial charge on any atom is -0.448 e. The summed E-state index contributed by atoms with van der Waals surface area (Å²) in [5.74, 6) is -0.416. The zero-order valence-corrected chi connectivity index (χ0v) is 16.6. The molecular weight excluding hydrogens is 384 g/mol. The number of nitrogens with one attached hydrogen (secondary N) is 1. The first-order valence-electron chi connectivity index (χ1n) is 9.38. The van der Waals surface area contributed by atoms with Crippen LogP contribution in [0.4, 0.5) is 0 Å². The fourth-order valence-corrected chi connectivity index (χ4v) is 3.16. The van der Waals surface area contributed by atoms with Crippen LogP contribution in [0.5, 0.6) is 0 Å². The Labute approximate surface area is 171 Å². The molecule has 30 heavy (non-hydrogen) atoms. The van der Waals surface area contributed by atoms with E-state index in [2.05, 4.69) is 10.3 Å². The second-order valence-electron chi connectivity index (χ2n) is 7.13. The second-order valence-corrected chi connectivity index (χ2v) is 7.13. The molecule has 4 rings (SSSR count). The molecule has 0 aliphatic rings. The summed E-state index contributed by atoms with van der Waals surface area (Å²) in [5, 5.41) is 3.53. The van der Waals surface area contributed by atoms with Crippen LogP contribution < -0.4 is 10.9 Å². The van der Waals surface area contributed by atoms with Crippen molar-refractivity contribution in [2.24, 2.45) is 0 Å². The van der Waals surface area contributed by atoms with Crippen molar-refractivity contribution < 1.29 is 14.0 Å². The van der Waals surface area contributed by atoms with Gasteiger partial charge in [-0.2, -0.15) is 0 Å². The number of hydrogen-bond donors (Lipinski definition) is 1. The van der Waals surface area contributed by atoms with E-state index in [0.29, 0.717) is 16.7 Å². The summed E-state index contributed by atoms with van der Waals surface area (Å²) in [5.41, 5.74) is 2.21. The first-order valence-corrected chi connectivity index (χ1v) is 9.38. The molecule has 0 unspecified atom stereocenters. The minimum atomic E-state index is -0.405. The number of rotatable bonds is 5. The van der Waals surface area contributed by atoms with Gasteiger partial charge in [0, 0.05) is 31.6 Å². The van der Waals surface area contributed by atoms with Crippen molar-refractivity contribution in [3.8, 4) is 0 Å². The molecule has 0 bridgehead atoms. The highest BCUT2D eigenvalue weighted by molar-refractivity contribution is 6.01. The van der Waals surface area contributed by atoms with Gasteiger partial charge in [0.05, 0.1) is 6.33 Å². The minimum absolute atomic E-state index is 0.0848. The SMILES string of the molecule is CN(C)C(=O)c1ccc(CNC(=O)Cn2cnc3c(oc4ccccc43)c2=O)cc1. The van der Waals surface area contributed by atoms with Gasteiger partial charge >= 0.3 is 0 Å². The number of benzene rings is 2. The Morgan fingerprint density at radius 2 is 1.83 bits per heavy atom. The largest absolute Gasteiger partial charge is 0.448 e.